The van der Waals surface area contributed by atoms with Crippen molar-refractivity contribution in [3.8, 4) is 0 Å². The molecule has 1 aliphatic carbocycles. The van der Waals surface area contributed by atoms with E-state index in [9.17, 15) is 9.18 Å². The quantitative estimate of drug-likeness (QED) is 0.726. The van der Waals surface area contributed by atoms with Crippen LogP contribution in [0.25, 0.3) is 0 Å². The van der Waals surface area contributed by atoms with E-state index in [1.54, 1.807) is 30.6 Å². The van der Waals surface area contributed by atoms with Crippen molar-refractivity contribution in [2.45, 2.75) is 32.7 Å². The first-order valence-corrected chi connectivity index (χ1v) is 8.74. The summed E-state index contributed by atoms with van der Waals surface area (Å²) in [6.07, 6.45) is 7.58. The van der Waals surface area contributed by atoms with E-state index in [2.05, 4.69) is 4.98 Å². The number of allylic oxidation sites excluding steroid dienone is 1. The monoisotopic (exact) mass is 338 g/mol. The van der Waals surface area contributed by atoms with Gasteiger partial charge in [-0.15, -0.1) is 0 Å². The van der Waals surface area contributed by atoms with E-state index in [1.165, 1.54) is 25.0 Å². The van der Waals surface area contributed by atoms with Crippen molar-refractivity contribution in [2.75, 3.05) is 6.54 Å². The number of nitrogens with zero attached hydrogens (tertiary/aromatic N) is 2. The Kier molecular flexibility index (Phi) is 5.27. The third-order valence-electron chi connectivity index (χ3n) is 4.69. The summed E-state index contributed by atoms with van der Waals surface area (Å²) in [6, 6.07) is 9.87. The van der Waals surface area contributed by atoms with E-state index in [0.29, 0.717) is 12.5 Å². The van der Waals surface area contributed by atoms with Crippen molar-refractivity contribution in [1.29, 1.82) is 0 Å². The highest BCUT2D eigenvalue weighted by Gasteiger charge is 2.27. The van der Waals surface area contributed by atoms with Gasteiger partial charge < -0.3 is 4.90 Å². The Balaban J connectivity index is 1.98. The van der Waals surface area contributed by atoms with E-state index >= 15 is 0 Å². The SMILES string of the molecule is CCN(C(=O)/C=C(\C)C1CC1)[C@H](c1ccc(F)cc1)c1cccnc1. The number of aromatic nitrogens is 1. The van der Waals surface area contributed by atoms with Crippen LogP contribution in [0.1, 0.15) is 43.9 Å². The lowest BCUT2D eigenvalue weighted by atomic mass is 9.98. The Bertz CT molecular complexity index is 751. The molecule has 0 bridgehead atoms. The van der Waals surface area contributed by atoms with Crippen LogP contribution in [0.3, 0.4) is 0 Å². The minimum atomic E-state index is -0.285. The number of pyridine rings is 1. The summed E-state index contributed by atoms with van der Waals surface area (Å²) >= 11 is 0. The molecule has 1 aromatic carbocycles. The Morgan fingerprint density at radius 1 is 1.28 bits per heavy atom. The molecule has 1 heterocycles. The van der Waals surface area contributed by atoms with Crippen LogP contribution in [-0.2, 0) is 4.79 Å². The highest BCUT2D eigenvalue weighted by atomic mass is 19.1. The molecule has 1 aromatic heterocycles. The fourth-order valence-electron chi connectivity index (χ4n) is 3.13. The average molecular weight is 338 g/mol. The maximum absolute atomic E-state index is 13.4. The van der Waals surface area contributed by atoms with Crippen molar-refractivity contribution in [3.63, 3.8) is 0 Å². The number of rotatable bonds is 6. The first kappa shape index (κ1) is 17.3. The molecule has 0 aliphatic heterocycles. The van der Waals surface area contributed by atoms with Gasteiger partial charge in [0.25, 0.3) is 0 Å². The normalized spacial score (nSPS) is 15.7. The second-order valence-corrected chi connectivity index (χ2v) is 6.53. The second kappa shape index (κ2) is 7.60. The van der Waals surface area contributed by atoms with E-state index in [1.807, 2.05) is 30.9 Å². The molecule has 1 fully saturated rings. The molecule has 3 nitrogen and oxygen atoms in total. The third-order valence-corrected chi connectivity index (χ3v) is 4.69. The number of halogens is 1. The van der Waals surface area contributed by atoms with Gasteiger partial charge in [0.15, 0.2) is 0 Å². The number of carbonyl (C=O) groups is 1. The molecule has 0 saturated heterocycles. The predicted molar refractivity (Wildman–Crippen MR) is 96.3 cm³/mol. The number of carbonyl (C=O) groups excluding carboxylic acids is 1. The number of hydrogen-bond acceptors (Lipinski definition) is 2. The van der Waals surface area contributed by atoms with Crippen molar-refractivity contribution < 1.29 is 9.18 Å². The zero-order chi connectivity index (χ0) is 17.8. The fourth-order valence-corrected chi connectivity index (χ4v) is 3.13. The smallest absolute Gasteiger partial charge is 0.247 e. The minimum absolute atomic E-state index is 0.00919. The van der Waals surface area contributed by atoms with Gasteiger partial charge in [-0.05, 0) is 61.9 Å². The number of likely N-dealkylation sites (N-methyl/N-ethyl adjacent to an activating group) is 1. The molecule has 0 unspecified atom stereocenters. The molecule has 130 valence electrons. The summed E-state index contributed by atoms with van der Waals surface area (Å²) in [4.78, 5) is 18.9. The first-order chi connectivity index (χ1) is 12.1. The lowest BCUT2D eigenvalue weighted by molar-refractivity contribution is -0.127. The Hall–Kier alpha value is -2.49. The number of benzene rings is 1. The molecule has 0 N–H and O–H groups in total. The largest absolute Gasteiger partial charge is 0.328 e. The summed E-state index contributed by atoms with van der Waals surface area (Å²) < 4.78 is 13.4. The van der Waals surface area contributed by atoms with Crippen molar-refractivity contribution in [3.05, 3.63) is 77.4 Å². The summed E-state index contributed by atoms with van der Waals surface area (Å²) in [5.74, 6) is 0.267. The standard InChI is InChI=1S/C21H23FN2O/c1-3-24(20(25)13-15(2)16-6-7-16)21(18-5-4-12-23-14-18)17-8-10-19(22)11-9-17/h4-5,8-14,16,21H,3,6-7H2,1-2H3/b15-13+/t21-/m1/s1. The second-order valence-electron chi connectivity index (χ2n) is 6.53. The molecule has 2 aromatic rings. The maximum Gasteiger partial charge on any atom is 0.247 e. The Morgan fingerprint density at radius 2 is 2.00 bits per heavy atom. The van der Waals surface area contributed by atoms with E-state index in [-0.39, 0.29) is 17.8 Å². The molecular weight excluding hydrogens is 315 g/mol. The van der Waals surface area contributed by atoms with Crippen LogP contribution in [0.2, 0.25) is 0 Å². The highest BCUT2D eigenvalue weighted by molar-refractivity contribution is 5.89. The van der Waals surface area contributed by atoms with Gasteiger partial charge in [0.05, 0.1) is 6.04 Å². The highest BCUT2D eigenvalue weighted by Crippen LogP contribution is 2.36. The average Bonchev–Trinajstić information content (AvgIpc) is 3.46. The van der Waals surface area contributed by atoms with Gasteiger partial charge in [-0.25, -0.2) is 4.39 Å². The molecule has 3 rings (SSSR count). The molecule has 25 heavy (non-hydrogen) atoms. The number of amides is 1. The molecule has 1 atom stereocenters. The molecule has 1 aliphatic rings. The number of hydrogen-bond donors (Lipinski definition) is 0. The van der Waals surface area contributed by atoms with Crippen LogP contribution in [0.4, 0.5) is 4.39 Å². The van der Waals surface area contributed by atoms with Gasteiger partial charge in [-0.2, -0.15) is 0 Å². The van der Waals surface area contributed by atoms with Gasteiger partial charge in [0, 0.05) is 25.0 Å². The molecular formula is C21H23FN2O. The molecule has 4 heteroatoms. The summed E-state index contributed by atoms with van der Waals surface area (Å²) in [5, 5.41) is 0. The first-order valence-electron chi connectivity index (χ1n) is 8.74. The summed E-state index contributed by atoms with van der Waals surface area (Å²) in [7, 11) is 0. The topological polar surface area (TPSA) is 33.2 Å². The van der Waals surface area contributed by atoms with Gasteiger partial charge in [-0.3, -0.25) is 9.78 Å². The summed E-state index contributed by atoms with van der Waals surface area (Å²) in [6.45, 7) is 4.55. The molecule has 0 spiro atoms. The Morgan fingerprint density at radius 3 is 2.56 bits per heavy atom. The van der Waals surface area contributed by atoms with Crippen LogP contribution in [-0.4, -0.2) is 22.3 Å². The minimum Gasteiger partial charge on any atom is -0.328 e. The van der Waals surface area contributed by atoms with Crippen LogP contribution in [0, 0.1) is 11.7 Å². The van der Waals surface area contributed by atoms with Gasteiger partial charge >= 0.3 is 0 Å². The molecule has 1 saturated carbocycles. The zero-order valence-corrected chi connectivity index (χ0v) is 14.7. The van der Waals surface area contributed by atoms with Crippen LogP contribution < -0.4 is 0 Å². The van der Waals surface area contributed by atoms with Gasteiger partial charge in [0.2, 0.25) is 5.91 Å². The van der Waals surface area contributed by atoms with Crippen molar-refractivity contribution in [2.24, 2.45) is 5.92 Å². The fraction of sp³-hybridized carbons (Fsp3) is 0.333. The predicted octanol–water partition coefficient (Wildman–Crippen LogP) is 4.51. The lowest BCUT2D eigenvalue weighted by Crippen LogP contribution is -2.34. The molecule has 1 amide bonds. The van der Waals surface area contributed by atoms with E-state index < -0.39 is 0 Å². The van der Waals surface area contributed by atoms with Crippen molar-refractivity contribution >= 4 is 5.91 Å². The van der Waals surface area contributed by atoms with E-state index in [4.69, 9.17) is 0 Å². The van der Waals surface area contributed by atoms with Crippen LogP contribution in [0.15, 0.2) is 60.4 Å². The van der Waals surface area contributed by atoms with Gasteiger partial charge in [0.1, 0.15) is 5.82 Å². The van der Waals surface area contributed by atoms with Gasteiger partial charge in [-0.1, -0.05) is 23.8 Å². The summed E-state index contributed by atoms with van der Waals surface area (Å²) in [5.41, 5.74) is 2.94. The molecule has 0 radical (unpaired) electrons. The zero-order valence-electron chi connectivity index (χ0n) is 14.7. The Labute approximate surface area is 148 Å². The van der Waals surface area contributed by atoms with Crippen LogP contribution in [0.5, 0.6) is 0 Å². The lowest BCUT2D eigenvalue weighted by Gasteiger charge is -2.31. The third kappa shape index (κ3) is 4.13. The van der Waals surface area contributed by atoms with Crippen LogP contribution >= 0.6 is 0 Å². The van der Waals surface area contributed by atoms with E-state index in [0.717, 1.165) is 16.7 Å². The maximum atomic E-state index is 13.4. The van der Waals surface area contributed by atoms with Crippen molar-refractivity contribution in [1.82, 2.24) is 9.88 Å².